The monoisotopic (exact) mass is 490 g/mol. The van der Waals surface area contributed by atoms with Gasteiger partial charge >= 0.3 is 0 Å². The minimum absolute atomic E-state index is 0.0266. The van der Waals surface area contributed by atoms with E-state index in [0.29, 0.717) is 45.0 Å². The Morgan fingerprint density at radius 3 is 2.68 bits per heavy atom. The number of rotatable bonds is 5. The topological polar surface area (TPSA) is 125 Å². The van der Waals surface area contributed by atoms with Crippen LogP contribution in [0.25, 0.3) is 55.8 Å². The fourth-order valence-corrected chi connectivity index (χ4v) is 4.42. The number of hydrogen-bond donors (Lipinski definition) is 3. The summed E-state index contributed by atoms with van der Waals surface area (Å²) in [5, 5.41) is 11.0. The maximum atomic E-state index is 14.5. The van der Waals surface area contributed by atoms with E-state index in [1.54, 1.807) is 49.2 Å². The second kappa shape index (κ2) is 8.30. The first-order valence-electron chi connectivity index (χ1n) is 11.8. The van der Waals surface area contributed by atoms with Crippen LogP contribution in [0.2, 0.25) is 0 Å². The molecule has 0 radical (unpaired) electrons. The number of carbonyl (C=O) groups is 1. The van der Waals surface area contributed by atoms with E-state index in [-0.39, 0.29) is 17.6 Å². The Labute approximate surface area is 209 Å². The average molecular weight is 491 g/mol. The highest BCUT2D eigenvalue weighted by Gasteiger charge is 2.29. The highest BCUT2D eigenvalue weighted by atomic mass is 19.1. The molecule has 37 heavy (non-hydrogen) atoms. The first-order valence-corrected chi connectivity index (χ1v) is 11.8. The van der Waals surface area contributed by atoms with Crippen molar-refractivity contribution in [2.45, 2.75) is 12.8 Å². The van der Waals surface area contributed by atoms with E-state index in [1.165, 1.54) is 6.07 Å². The Morgan fingerprint density at radius 2 is 1.81 bits per heavy atom. The van der Waals surface area contributed by atoms with Gasteiger partial charge in [0.25, 0.3) is 0 Å². The third-order valence-corrected chi connectivity index (χ3v) is 6.49. The number of aromatic nitrogens is 7. The number of nitrogens with one attached hydrogen (secondary N) is 3. The molecule has 1 fully saturated rings. The van der Waals surface area contributed by atoms with Crippen LogP contribution in [0.3, 0.4) is 0 Å². The Kier molecular flexibility index (Phi) is 4.78. The van der Waals surface area contributed by atoms with Gasteiger partial charge in [-0.1, -0.05) is 18.2 Å². The molecule has 1 amide bonds. The number of imidazole rings is 1. The number of anilines is 1. The van der Waals surface area contributed by atoms with E-state index in [0.717, 1.165) is 29.4 Å². The zero-order chi connectivity index (χ0) is 24.9. The van der Waals surface area contributed by atoms with Crippen molar-refractivity contribution in [3.8, 4) is 33.8 Å². The number of carbonyl (C=O) groups excluding carboxylic acids is 1. The molecule has 1 aliphatic rings. The van der Waals surface area contributed by atoms with Gasteiger partial charge in [-0.15, -0.1) is 0 Å². The summed E-state index contributed by atoms with van der Waals surface area (Å²) in [6.45, 7) is 0. The molecule has 10 heteroatoms. The van der Waals surface area contributed by atoms with E-state index < -0.39 is 0 Å². The van der Waals surface area contributed by atoms with Gasteiger partial charge in [0.05, 0.1) is 29.0 Å². The van der Waals surface area contributed by atoms with E-state index >= 15 is 0 Å². The quantitative estimate of drug-likeness (QED) is 0.308. The summed E-state index contributed by atoms with van der Waals surface area (Å²) in [7, 11) is 0. The number of H-pyrrole nitrogens is 2. The van der Waals surface area contributed by atoms with Crippen LogP contribution in [0.5, 0.6) is 0 Å². The van der Waals surface area contributed by atoms with Crippen molar-refractivity contribution in [2.75, 3.05) is 5.32 Å². The summed E-state index contributed by atoms with van der Waals surface area (Å²) in [5.41, 5.74) is 5.74. The van der Waals surface area contributed by atoms with Gasteiger partial charge in [-0.2, -0.15) is 5.10 Å². The fraction of sp³-hybridized carbons (Fsp3) is 0.111. The molecule has 7 rings (SSSR count). The smallest absolute Gasteiger partial charge is 0.227 e. The Hall–Kier alpha value is -4.99. The molecule has 180 valence electrons. The van der Waals surface area contributed by atoms with Crippen molar-refractivity contribution in [3.63, 3.8) is 0 Å². The molecular weight excluding hydrogens is 471 g/mol. The normalized spacial score (nSPS) is 13.3. The molecule has 0 saturated heterocycles. The molecule has 5 heterocycles. The number of pyridine rings is 3. The van der Waals surface area contributed by atoms with Crippen LogP contribution in [0.1, 0.15) is 12.8 Å². The predicted molar refractivity (Wildman–Crippen MR) is 137 cm³/mol. The highest BCUT2D eigenvalue weighted by Crippen LogP contribution is 2.34. The highest BCUT2D eigenvalue weighted by molar-refractivity contribution is 5.97. The number of nitrogens with zero attached hydrogens (tertiary/aromatic N) is 5. The Morgan fingerprint density at radius 1 is 0.973 bits per heavy atom. The number of hydrogen-bond acceptors (Lipinski definition) is 6. The molecule has 5 aromatic heterocycles. The zero-order valence-electron chi connectivity index (χ0n) is 19.4. The largest absolute Gasteiger partial charge is 0.335 e. The average Bonchev–Trinajstić information content (AvgIpc) is 3.55. The first kappa shape index (κ1) is 21.3. The molecule has 0 aliphatic heterocycles. The second-order valence-corrected chi connectivity index (χ2v) is 9.07. The van der Waals surface area contributed by atoms with Crippen LogP contribution in [0, 0.1) is 11.7 Å². The van der Waals surface area contributed by atoms with E-state index in [2.05, 4.69) is 35.5 Å². The number of fused-ring (bicyclic) bond motifs is 2. The van der Waals surface area contributed by atoms with Crippen molar-refractivity contribution < 1.29 is 9.18 Å². The third-order valence-electron chi connectivity index (χ3n) is 6.49. The molecule has 1 aromatic carbocycles. The lowest BCUT2D eigenvalue weighted by atomic mass is 10.1. The molecule has 3 N–H and O–H groups in total. The summed E-state index contributed by atoms with van der Waals surface area (Å²) in [6, 6.07) is 10.4. The van der Waals surface area contributed by atoms with E-state index in [4.69, 9.17) is 4.98 Å². The van der Waals surface area contributed by atoms with Crippen LogP contribution in [0.4, 0.5) is 10.1 Å². The molecule has 0 bridgehead atoms. The fourth-order valence-electron chi connectivity index (χ4n) is 4.42. The molecule has 9 nitrogen and oxygen atoms in total. The summed E-state index contributed by atoms with van der Waals surface area (Å²) in [5.74, 6) is 0.323. The van der Waals surface area contributed by atoms with Crippen molar-refractivity contribution in [1.82, 2.24) is 35.1 Å². The van der Waals surface area contributed by atoms with Crippen molar-refractivity contribution in [1.29, 1.82) is 0 Å². The molecule has 6 aromatic rings. The van der Waals surface area contributed by atoms with Gasteiger partial charge in [0.2, 0.25) is 5.91 Å². The van der Waals surface area contributed by atoms with Gasteiger partial charge in [-0.25, -0.2) is 14.4 Å². The Bertz CT molecular complexity index is 1820. The maximum Gasteiger partial charge on any atom is 0.227 e. The standard InChI is InChI=1S/C27H19FN8O/c28-21-4-2-1-3-18(21)20-12-30-13-22-23(20)34-26(33-22)24-19-8-16(10-31-25(19)36-35-24)15-7-17(11-29-9-15)32-27(37)14-5-6-14/h1-4,7-14H,5-6H2,(H,32,37)(H,33,34)(H,31,35,36). The second-order valence-electron chi connectivity index (χ2n) is 9.07. The summed E-state index contributed by atoms with van der Waals surface area (Å²) >= 11 is 0. The Balaban J connectivity index is 1.29. The van der Waals surface area contributed by atoms with Crippen molar-refractivity contribution in [3.05, 3.63) is 73.2 Å². The first-order chi connectivity index (χ1) is 18.1. The molecule has 0 unspecified atom stereocenters. The number of benzene rings is 1. The van der Waals surface area contributed by atoms with Crippen LogP contribution in [-0.4, -0.2) is 41.0 Å². The SMILES string of the molecule is O=C(Nc1cncc(-c2cnc3n[nH]c(-c4nc5c(-c6ccccc6F)cncc5[nH]4)c3c2)c1)C1CC1. The molecule has 0 atom stereocenters. The van der Waals surface area contributed by atoms with E-state index in [9.17, 15) is 9.18 Å². The van der Waals surface area contributed by atoms with Gasteiger partial charge < -0.3 is 10.3 Å². The molecule has 0 spiro atoms. The predicted octanol–water partition coefficient (Wildman–Crippen LogP) is 5.11. The lowest BCUT2D eigenvalue weighted by Crippen LogP contribution is -2.13. The van der Waals surface area contributed by atoms with E-state index in [1.807, 2.05) is 12.1 Å². The van der Waals surface area contributed by atoms with Gasteiger partial charge in [0, 0.05) is 46.8 Å². The van der Waals surface area contributed by atoms with Crippen LogP contribution >= 0.6 is 0 Å². The molecular formula is C27H19FN8O. The van der Waals surface area contributed by atoms with Gasteiger partial charge in [-0.05, 0) is 31.0 Å². The summed E-state index contributed by atoms with van der Waals surface area (Å²) < 4.78 is 14.5. The lowest BCUT2D eigenvalue weighted by Gasteiger charge is -2.06. The van der Waals surface area contributed by atoms with Gasteiger partial charge in [0.1, 0.15) is 17.0 Å². The molecule has 1 aliphatic carbocycles. The van der Waals surface area contributed by atoms with Crippen LogP contribution < -0.4 is 5.32 Å². The minimum Gasteiger partial charge on any atom is -0.335 e. The van der Waals surface area contributed by atoms with Crippen molar-refractivity contribution in [2.24, 2.45) is 5.92 Å². The molecule has 1 saturated carbocycles. The number of amides is 1. The summed E-state index contributed by atoms with van der Waals surface area (Å²) in [4.78, 5) is 33.3. The lowest BCUT2D eigenvalue weighted by molar-refractivity contribution is -0.117. The van der Waals surface area contributed by atoms with Crippen molar-refractivity contribution >= 4 is 33.7 Å². The van der Waals surface area contributed by atoms with Crippen LogP contribution in [-0.2, 0) is 4.79 Å². The number of halogens is 1. The minimum atomic E-state index is -0.341. The summed E-state index contributed by atoms with van der Waals surface area (Å²) in [6.07, 6.45) is 10.2. The van der Waals surface area contributed by atoms with Crippen LogP contribution in [0.15, 0.2) is 67.4 Å². The number of aromatic amines is 2. The maximum absolute atomic E-state index is 14.5. The zero-order valence-corrected chi connectivity index (χ0v) is 19.4. The van der Waals surface area contributed by atoms with Gasteiger partial charge in [-0.3, -0.25) is 19.9 Å². The van der Waals surface area contributed by atoms with Gasteiger partial charge in [0.15, 0.2) is 11.5 Å². The third kappa shape index (κ3) is 3.79.